The molecule has 5 heteroatoms. The van der Waals surface area contributed by atoms with Gasteiger partial charge >= 0.3 is 0 Å². The van der Waals surface area contributed by atoms with E-state index in [0.717, 1.165) is 49.6 Å². The first-order valence-electron chi connectivity index (χ1n) is 8.66. The zero-order valence-corrected chi connectivity index (χ0v) is 15.7. The smallest absolute Gasteiger partial charge is 0.167 e. The van der Waals surface area contributed by atoms with Crippen LogP contribution in [0.3, 0.4) is 0 Å². The number of rotatable bonds is 7. The topological polar surface area (TPSA) is 42.7 Å². The number of carbonyl (C=O) groups is 1. The maximum atomic E-state index is 12.8. The van der Waals surface area contributed by atoms with Gasteiger partial charge in [-0.05, 0) is 49.9 Å². The second kappa shape index (κ2) is 8.70. The lowest BCUT2D eigenvalue weighted by Crippen LogP contribution is -2.38. The Labute approximate surface area is 153 Å². The van der Waals surface area contributed by atoms with Crippen LogP contribution in [0.2, 0.25) is 0 Å². The molecule has 3 rings (SSSR count). The summed E-state index contributed by atoms with van der Waals surface area (Å²) in [6.45, 7) is 3.05. The van der Waals surface area contributed by atoms with E-state index in [1.54, 1.807) is 18.9 Å². The Morgan fingerprint density at radius 3 is 2.72 bits per heavy atom. The second-order valence-electron chi connectivity index (χ2n) is 6.47. The molecule has 1 aromatic heterocycles. The van der Waals surface area contributed by atoms with Gasteiger partial charge < -0.3 is 9.15 Å². The number of furan rings is 1. The number of benzene rings is 1. The number of carbonyl (C=O) groups excluding carboxylic acids is 1. The fourth-order valence-electron chi connectivity index (χ4n) is 3.35. The Morgan fingerprint density at radius 1 is 1.24 bits per heavy atom. The van der Waals surface area contributed by atoms with Gasteiger partial charge in [0, 0.05) is 30.0 Å². The Balaban J connectivity index is 1.60. The summed E-state index contributed by atoms with van der Waals surface area (Å²) in [5.41, 5.74) is 0.824. The van der Waals surface area contributed by atoms with Crippen molar-refractivity contribution in [3.8, 4) is 0 Å². The molecule has 1 unspecified atom stereocenters. The monoisotopic (exact) mass is 359 g/mol. The molecule has 0 radical (unpaired) electrons. The van der Waals surface area contributed by atoms with E-state index < -0.39 is 0 Å². The van der Waals surface area contributed by atoms with E-state index in [0.29, 0.717) is 6.61 Å². The van der Waals surface area contributed by atoms with Crippen molar-refractivity contribution < 1.29 is 13.9 Å². The van der Waals surface area contributed by atoms with Crippen molar-refractivity contribution >= 4 is 17.5 Å². The van der Waals surface area contributed by atoms with Gasteiger partial charge in [-0.2, -0.15) is 0 Å². The molecule has 1 saturated heterocycles. The zero-order valence-electron chi connectivity index (χ0n) is 14.9. The number of hydrogen-bond donors (Lipinski definition) is 0. The molecular formula is C20H25NO3S. The molecule has 0 bridgehead atoms. The summed E-state index contributed by atoms with van der Waals surface area (Å²) < 4.78 is 10.9. The molecule has 0 N–H and O–H groups in total. The van der Waals surface area contributed by atoms with Crippen molar-refractivity contribution in [3.05, 3.63) is 53.5 Å². The van der Waals surface area contributed by atoms with Gasteiger partial charge in [0.2, 0.25) is 0 Å². The molecular weight excluding hydrogens is 334 g/mol. The van der Waals surface area contributed by atoms with Crippen molar-refractivity contribution in [2.24, 2.45) is 5.92 Å². The minimum Gasteiger partial charge on any atom is -0.462 e. The van der Waals surface area contributed by atoms with Crippen LogP contribution in [0.5, 0.6) is 0 Å². The van der Waals surface area contributed by atoms with Gasteiger partial charge in [-0.3, -0.25) is 9.69 Å². The van der Waals surface area contributed by atoms with Crippen molar-refractivity contribution in [1.29, 1.82) is 0 Å². The molecule has 1 aliphatic heterocycles. The van der Waals surface area contributed by atoms with Gasteiger partial charge in [-0.15, -0.1) is 11.8 Å². The highest BCUT2D eigenvalue weighted by Gasteiger charge is 2.27. The molecule has 134 valence electrons. The number of ketones is 1. The molecule has 1 fully saturated rings. The largest absolute Gasteiger partial charge is 0.462 e. The number of hydrogen-bond acceptors (Lipinski definition) is 5. The predicted octanol–water partition coefficient (Wildman–Crippen LogP) is 4.24. The van der Waals surface area contributed by atoms with Crippen LogP contribution in [0.4, 0.5) is 0 Å². The zero-order chi connectivity index (χ0) is 17.6. The molecule has 25 heavy (non-hydrogen) atoms. The molecule has 0 amide bonds. The summed E-state index contributed by atoms with van der Waals surface area (Å²) in [6.07, 6.45) is 4.06. The van der Waals surface area contributed by atoms with E-state index in [2.05, 4.69) is 4.90 Å². The summed E-state index contributed by atoms with van der Waals surface area (Å²) in [5, 5.41) is 0. The van der Waals surface area contributed by atoms with E-state index in [1.165, 1.54) is 4.90 Å². The Hall–Kier alpha value is -1.56. The SMILES string of the molecule is COCc1ccc(CN2CCCC(C(=O)c3ccc(SC)cc3)C2)o1. The summed E-state index contributed by atoms with van der Waals surface area (Å²) in [7, 11) is 1.66. The van der Waals surface area contributed by atoms with Crippen molar-refractivity contribution in [2.75, 3.05) is 26.5 Å². The fraction of sp³-hybridized carbons (Fsp3) is 0.450. The third-order valence-corrected chi connectivity index (χ3v) is 5.38. The van der Waals surface area contributed by atoms with Gasteiger partial charge in [-0.25, -0.2) is 0 Å². The van der Waals surface area contributed by atoms with E-state index in [-0.39, 0.29) is 11.7 Å². The van der Waals surface area contributed by atoms with Crippen LogP contribution in [0, 0.1) is 5.92 Å². The van der Waals surface area contributed by atoms with Crippen molar-refractivity contribution in [2.45, 2.75) is 30.9 Å². The van der Waals surface area contributed by atoms with Crippen LogP contribution in [-0.2, 0) is 17.9 Å². The van der Waals surface area contributed by atoms with Crippen LogP contribution in [-0.4, -0.2) is 37.1 Å². The van der Waals surface area contributed by atoms with Crippen molar-refractivity contribution in [3.63, 3.8) is 0 Å². The van der Waals surface area contributed by atoms with E-state index in [9.17, 15) is 4.79 Å². The van der Waals surface area contributed by atoms with Crippen molar-refractivity contribution in [1.82, 2.24) is 4.90 Å². The number of ether oxygens (including phenoxy) is 1. The molecule has 1 aromatic carbocycles. The molecule has 4 nitrogen and oxygen atoms in total. The molecule has 0 aliphatic carbocycles. The lowest BCUT2D eigenvalue weighted by molar-refractivity contribution is 0.0800. The summed E-state index contributed by atoms with van der Waals surface area (Å²) in [6, 6.07) is 11.9. The van der Waals surface area contributed by atoms with Crippen LogP contribution in [0.1, 0.15) is 34.7 Å². The number of nitrogens with zero attached hydrogens (tertiary/aromatic N) is 1. The van der Waals surface area contributed by atoms with Crippen LogP contribution >= 0.6 is 11.8 Å². The van der Waals surface area contributed by atoms with Gasteiger partial charge in [-0.1, -0.05) is 12.1 Å². The Morgan fingerprint density at radius 2 is 2.00 bits per heavy atom. The summed E-state index contributed by atoms with van der Waals surface area (Å²) >= 11 is 1.69. The predicted molar refractivity (Wildman–Crippen MR) is 100.0 cm³/mol. The number of piperidine rings is 1. The first kappa shape index (κ1) is 18.2. The first-order chi connectivity index (χ1) is 12.2. The highest BCUT2D eigenvalue weighted by Crippen LogP contribution is 2.24. The lowest BCUT2D eigenvalue weighted by atomic mass is 9.90. The summed E-state index contributed by atoms with van der Waals surface area (Å²) in [5.74, 6) is 2.11. The van der Waals surface area contributed by atoms with Crippen LogP contribution in [0.25, 0.3) is 0 Å². The van der Waals surface area contributed by atoms with E-state index in [1.807, 2.05) is 42.7 Å². The Kier molecular flexibility index (Phi) is 6.34. The number of thioether (sulfide) groups is 1. The third kappa shape index (κ3) is 4.75. The van der Waals surface area contributed by atoms with Crippen LogP contribution < -0.4 is 0 Å². The highest BCUT2D eigenvalue weighted by atomic mass is 32.2. The van der Waals surface area contributed by atoms with E-state index >= 15 is 0 Å². The van der Waals surface area contributed by atoms with Gasteiger partial charge in [0.05, 0.1) is 6.54 Å². The minimum absolute atomic E-state index is 0.0716. The number of methoxy groups -OCH3 is 1. The average molecular weight is 359 g/mol. The second-order valence-corrected chi connectivity index (χ2v) is 7.35. The molecule has 1 aliphatic rings. The van der Waals surface area contributed by atoms with E-state index in [4.69, 9.17) is 9.15 Å². The highest BCUT2D eigenvalue weighted by molar-refractivity contribution is 7.98. The minimum atomic E-state index is 0.0716. The maximum Gasteiger partial charge on any atom is 0.167 e. The molecule has 2 heterocycles. The summed E-state index contributed by atoms with van der Waals surface area (Å²) in [4.78, 5) is 16.3. The maximum absolute atomic E-state index is 12.8. The number of Topliss-reactive ketones (excluding diaryl/α,β-unsaturated/α-hetero) is 1. The normalized spacial score (nSPS) is 18.4. The standard InChI is InChI=1S/C20H25NO3S/c1-23-14-18-8-7-17(24-18)13-21-11-3-4-16(12-21)20(22)15-5-9-19(25-2)10-6-15/h5-10,16H,3-4,11-14H2,1-2H3. The Bertz CT molecular complexity index is 695. The number of likely N-dealkylation sites (tertiary alicyclic amines) is 1. The third-order valence-electron chi connectivity index (χ3n) is 4.63. The lowest BCUT2D eigenvalue weighted by Gasteiger charge is -2.31. The first-order valence-corrected chi connectivity index (χ1v) is 9.89. The quantitative estimate of drug-likeness (QED) is 0.546. The molecule has 0 saturated carbocycles. The van der Waals surface area contributed by atoms with Gasteiger partial charge in [0.25, 0.3) is 0 Å². The molecule has 0 spiro atoms. The van der Waals surface area contributed by atoms with Gasteiger partial charge in [0.15, 0.2) is 5.78 Å². The average Bonchev–Trinajstić information content (AvgIpc) is 3.09. The van der Waals surface area contributed by atoms with Gasteiger partial charge in [0.1, 0.15) is 18.1 Å². The molecule has 1 atom stereocenters. The molecule has 2 aromatic rings. The fourth-order valence-corrected chi connectivity index (χ4v) is 3.76. The van der Waals surface area contributed by atoms with Crippen LogP contribution in [0.15, 0.2) is 45.7 Å².